The van der Waals surface area contributed by atoms with E-state index in [9.17, 15) is 0 Å². The fraction of sp³-hybridized carbons (Fsp3) is 0.467. The first-order chi connectivity index (χ1) is 7.63. The van der Waals surface area contributed by atoms with E-state index in [2.05, 4.69) is 45.1 Å². The highest BCUT2D eigenvalue weighted by Gasteiger charge is 2.12. The normalized spacial score (nSPS) is 11.4. The van der Waals surface area contributed by atoms with Crippen LogP contribution in [0.15, 0.2) is 18.2 Å². The van der Waals surface area contributed by atoms with Crippen molar-refractivity contribution >= 4 is 6.08 Å². The van der Waals surface area contributed by atoms with Crippen LogP contribution in [0, 0.1) is 0 Å². The Bertz CT molecular complexity index is 375. The third kappa shape index (κ3) is 2.66. The minimum atomic E-state index is 0.491. The van der Waals surface area contributed by atoms with Crippen LogP contribution in [-0.4, -0.2) is 7.11 Å². The Hall–Kier alpha value is -1.24. The van der Waals surface area contributed by atoms with Crippen LogP contribution in [0.3, 0.4) is 0 Å². The Kier molecular flexibility index (Phi) is 4.60. The first-order valence-corrected chi connectivity index (χ1v) is 5.97. The summed E-state index contributed by atoms with van der Waals surface area (Å²) in [5, 5.41) is 0. The Balaban J connectivity index is 3.39. The van der Waals surface area contributed by atoms with E-state index < -0.39 is 0 Å². The summed E-state index contributed by atoms with van der Waals surface area (Å²) < 4.78 is 5.54. The van der Waals surface area contributed by atoms with Gasteiger partial charge in [0.1, 0.15) is 5.75 Å². The van der Waals surface area contributed by atoms with E-state index in [1.165, 1.54) is 16.7 Å². The number of hydrogen-bond acceptors (Lipinski definition) is 1. The molecule has 1 aromatic rings. The van der Waals surface area contributed by atoms with Gasteiger partial charge in [0, 0.05) is 5.56 Å². The molecule has 0 atom stereocenters. The van der Waals surface area contributed by atoms with Crippen LogP contribution in [-0.2, 0) is 6.42 Å². The number of hydrogen-bond donors (Lipinski definition) is 0. The quantitative estimate of drug-likeness (QED) is 0.727. The number of benzene rings is 1. The summed E-state index contributed by atoms with van der Waals surface area (Å²) in [7, 11) is 1.75. The van der Waals surface area contributed by atoms with Crippen LogP contribution in [0.5, 0.6) is 5.75 Å². The van der Waals surface area contributed by atoms with Crippen LogP contribution in [0.1, 0.15) is 50.3 Å². The maximum absolute atomic E-state index is 5.54. The van der Waals surface area contributed by atoms with Gasteiger partial charge in [0.2, 0.25) is 0 Å². The molecule has 1 heteroatoms. The standard InChI is InChI=1S/C15H22O/c1-6-8-13-9-12(7-2)10-14(11(3)4)15(13)16-5/h6,8-11H,7H2,1-5H3. The van der Waals surface area contributed by atoms with Gasteiger partial charge in [-0.2, -0.15) is 0 Å². The Morgan fingerprint density at radius 1 is 1.31 bits per heavy atom. The molecule has 0 unspecified atom stereocenters. The smallest absolute Gasteiger partial charge is 0.129 e. The molecule has 0 amide bonds. The summed E-state index contributed by atoms with van der Waals surface area (Å²) >= 11 is 0. The van der Waals surface area contributed by atoms with Crippen LogP contribution in [0.25, 0.3) is 6.08 Å². The molecule has 0 saturated heterocycles. The molecule has 0 aliphatic rings. The topological polar surface area (TPSA) is 9.23 Å². The number of rotatable bonds is 4. The molecule has 0 heterocycles. The highest BCUT2D eigenvalue weighted by atomic mass is 16.5. The Morgan fingerprint density at radius 3 is 2.44 bits per heavy atom. The fourth-order valence-corrected chi connectivity index (χ4v) is 1.91. The van der Waals surface area contributed by atoms with Gasteiger partial charge in [0.25, 0.3) is 0 Å². The molecule has 0 spiro atoms. The summed E-state index contributed by atoms with van der Waals surface area (Å²) in [4.78, 5) is 0. The maximum atomic E-state index is 5.54. The lowest BCUT2D eigenvalue weighted by Crippen LogP contribution is -1.99. The molecule has 0 aromatic heterocycles. The summed E-state index contributed by atoms with van der Waals surface area (Å²) in [6.07, 6.45) is 5.24. The zero-order valence-electron chi connectivity index (χ0n) is 11.0. The van der Waals surface area contributed by atoms with E-state index in [1.54, 1.807) is 7.11 Å². The monoisotopic (exact) mass is 218 g/mol. The summed E-state index contributed by atoms with van der Waals surface area (Å²) in [5.41, 5.74) is 3.86. The zero-order chi connectivity index (χ0) is 12.1. The van der Waals surface area contributed by atoms with Gasteiger partial charge < -0.3 is 4.74 Å². The van der Waals surface area contributed by atoms with Gasteiger partial charge in [-0.3, -0.25) is 0 Å². The minimum absolute atomic E-state index is 0.491. The van der Waals surface area contributed by atoms with Crippen molar-refractivity contribution in [3.63, 3.8) is 0 Å². The molecule has 0 aliphatic carbocycles. The maximum Gasteiger partial charge on any atom is 0.129 e. The van der Waals surface area contributed by atoms with E-state index in [-0.39, 0.29) is 0 Å². The van der Waals surface area contributed by atoms with Gasteiger partial charge in [0.15, 0.2) is 0 Å². The molecule has 0 aliphatic heterocycles. The number of ether oxygens (including phenoxy) is 1. The fourth-order valence-electron chi connectivity index (χ4n) is 1.91. The van der Waals surface area contributed by atoms with Crippen molar-refractivity contribution in [3.8, 4) is 5.75 Å². The second-order valence-corrected chi connectivity index (χ2v) is 4.32. The number of methoxy groups -OCH3 is 1. The van der Waals surface area contributed by atoms with Crippen LogP contribution in [0.4, 0.5) is 0 Å². The van der Waals surface area contributed by atoms with E-state index in [0.29, 0.717) is 5.92 Å². The van der Waals surface area contributed by atoms with Crippen molar-refractivity contribution in [1.82, 2.24) is 0 Å². The predicted octanol–water partition coefficient (Wildman–Crippen LogP) is 4.41. The Morgan fingerprint density at radius 2 is 2.00 bits per heavy atom. The molecular formula is C15H22O. The lowest BCUT2D eigenvalue weighted by atomic mass is 9.95. The van der Waals surface area contributed by atoms with Crippen molar-refractivity contribution in [3.05, 3.63) is 34.9 Å². The van der Waals surface area contributed by atoms with E-state index in [1.807, 2.05) is 6.92 Å². The molecular weight excluding hydrogens is 196 g/mol. The van der Waals surface area contributed by atoms with Crippen molar-refractivity contribution in [1.29, 1.82) is 0 Å². The third-order valence-corrected chi connectivity index (χ3v) is 2.79. The molecule has 0 bridgehead atoms. The summed E-state index contributed by atoms with van der Waals surface area (Å²) in [6.45, 7) is 8.63. The number of allylic oxidation sites excluding steroid dienone is 1. The average molecular weight is 218 g/mol. The summed E-state index contributed by atoms with van der Waals surface area (Å²) in [6, 6.07) is 4.47. The van der Waals surface area contributed by atoms with Crippen LogP contribution < -0.4 is 4.74 Å². The Labute approximate surface area is 99.1 Å². The van der Waals surface area contributed by atoms with Crippen molar-refractivity contribution < 1.29 is 4.74 Å². The first kappa shape index (κ1) is 12.8. The molecule has 1 rings (SSSR count). The lowest BCUT2D eigenvalue weighted by Gasteiger charge is -2.16. The average Bonchev–Trinajstić information content (AvgIpc) is 2.28. The highest BCUT2D eigenvalue weighted by molar-refractivity contribution is 5.61. The molecule has 0 radical (unpaired) electrons. The molecule has 0 saturated carbocycles. The van der Waals surface area contributed by atoms with E-state index >= 15 is 0 Å². The van der Waals surface area contributed by atoms with Gasteiger partial charge in [0.05, 0.1) is 7.11 Å². The molecule has 88 valence electrons. The molecule has 16 heavy (non-hydrogen) atoms. The molecule has 0 N–H and O–H groups in total. The molecule has 1 nitrogen and oxygen atoms in total. The highest BCUT2D eigenvalue weighted by Crippen LogP contribution is 2.32. The van der Waals surface area contributed by atoms with Crippen molar-refractivity contribution in [2.75, 3.05) is 7.11 Å². The van der Waals surface area contributed by atoms with Crippen molar-refractivity contribution in [2.24, 2.45) is 0 Å². The lowest BCUT2D eigenvalue weighted by molar-refractivity contribution is 0.406. The number of aryl methyl sites for hydroxylation is 1. The second kappa shape index (κ2) is 5.74. The van der Waals surface area contributed by atoms with Crippen molar-refractivity contribution in [2.45, 2.75) is 40.0 Å². The SMILES string of the molecule is CC=Cc1cc(CC)cc(C(C)C)c1OC. The zero-order valence-corrected chi connectivity index (χ0v) is 11.0. The van der Waals surface area contributed by atoms with E-state index in [4.69, 9.17) is 4.74 Å². The van der Waals surface area contributed by atoms with Crippen LogP contribution >= 0.6 is 0 Å². The van der Waals surface area contributed by atoms with Gasteiger partial charge in [-0.15, -0.1) is 0 Å². The minimum Gasteiger partial charge on any atom is -0.496 e. The second-order valence-electron chi connectivity index (χ2n) is 4.32. The summed E-state index contributed by atoms with van der Waals surface area (Å²) in [5.74, 6) is 1.51. The van der Waals surface area contributed by atoms with Crippen LogP contribution in [0.2, 0.25) is 0 Å². The largest absolute Gasteiger partial charge is 0.496 e. The molecule has 0 fully saturated rings. The van der Waals surface area contributed by atoms with Gasteiger partial charge in [-0.25, -0.2) is 0 Å². The van der Waals surface area contributed by atoms with Gasteiger partial charge in [-0.1, -0.05) is 39.0 Å². The predicted molar refractivity (Wildman–Crippen MR) is 71.2 cm³/mol. The molecule has 1 aromatic carbocycles. The van der Waals surface area contributed by atoms with Gasteiger partial charge in [-0.05, 0) is 36.5 Å². The third-order valence-electron chi connectivity index (χ3n) is 2.79. The first-order valence-electron chi connectivity index (χ1n) is 5.97. The van der Waals surface area contributed by atoms with E-state index in [0.717, 1.165) is 12.2 Å². The van der Waals surface area contributed by atoms with Gasteiger partial charge >= 0.3 is 0 Å².